The molecule has 0 amide bonds. The molecule has 6 heteroatoms. The summed E-state index contributed by atoms with van der Waals surface area (Å²) in [6.45, 7) is 5.79. The summed E-state index contributed by atoms with van der Waals surface area (Å²) in [5, 5.41) is 13.8. The van der Waals surface area contributed by atoms with Crippen molar-refractivity contribution in [1.29, 1.82) is 5.26 Å². The van der Waals surface area contributed by atoms with E-state index in [1.807, 2.05) is 26.8 Å². The van der Waals surface area contributed by atoms with Crippen LogP contribution in [0.5, 0.6) is 0 Å². The minimum Gasteiger partial charge on any atom is -0.216 e. The summed E-state index contributed by atoms with van der Waals surface area (Å²) in [6.07, 6.45) is 1.61. The SMILES string of the molecule is CCCc1nn(-c2nc(C)cc(C)n2)c(Cl)c1C#N. The first-order valence-electron chi connectivity index (χ1n) is 6.07. The number of hydrogen-bond donors (Lipinski definition) is 0. The molecule has 2 rings (SSSR count). The summed E-state index contributed by atoms with van der Waals surface area (Å²) in [7, 11) is 0. The summed E-state index contributed by atoms with van der Waals surface area (Å²) in [5.74, 6) is 0.404. The van der Waals surface area contributed by atoms with Crippen molar-refractivity contribution in [2.24, 2.45) is 0 Å². The lowest BCUT2D eigenvalue weighted by atomic mass is 10.2. The van der Waals surface area contributed by atoms with Gasteiger partial charge in [0.15, 0.2) is 5.15 Å². The third kappa shape index (κ3) is 2.59. The average Bonchev–Trinajstić information content (AvgIpc) is 2.65. The summed E-state index contributed by atoms with van der Waals surface area (Å²) in [6, 6.07) is 3.97. The van der Waals surface area contributed by atoms with Gasteiger partial charge >= 0.3 is 0 Å². The molecule has 0 aliphatic rings. The van der Waals surface area contributed by atoms with Crippen LogP contribution in [0.1, 0.15) is 36.0 Å². The molecule has 5 nitrogen and oxygen atoms in total. The number of nitrogens with zero attached hydrogens (tertiary/aromatic N) is 5. The van der Waals surface area contributed by atoms with Crippen LogP contribution in [0.15, 0.2) is 6.07 Å². The second-order valence-corrected chi connectivity index (χ2v) is 4.69. The molecule has 2 aromatic rings. The fraction of sp³-hybridized carbons (Fsp3) is 0.385. The van der Waals surface area contributed by atoms with E-state index in [9.17, 15) is 0 Å². The first kappa shape index (κ1) is 13.5. The topological polar surface area (TPSA) is 67.4 Å². The molecule has 0 spiro atoms. The van der Waals surface area contributed by atoms with Crippen molar-refractivity contribution in [3.05, 3.63) is 33.9 Å². The highest BCUT2D eigenvalue weighted by atomic mass is 35.5. The van der Waals surface area contributed by atoms with Crippen molar-refractivity contribution < 1.29 is 0 Å². The molecule has 0 unspecified atom stereocenters. The Morgan fingerprint density at radius 2 is 1.95 bits per heavy atom. The van der Waals surface area contributed by atoms with Crippen LogP contribution in [0.2, 0.25) is 5.15 Å². The van der Waals surface area contributed by atoms with Gasteiger partial charge in [-0.05, 0) is 26.3 Å². The summed E-state index contributed by atoms with van der Waals surface area (Å²) >= 11 is 6.20. The molecule has 2 aromatic heterocycles. The highest BCUT2D eigenvalue weighted by Gasteiger charge is 2.18. The standard InChI is InChI=1S/C13H14ClN5/c1-4-5-11-10(7-15)12(14)19(18-11)13-16-8(2)6-9(3)17-13/h6H,4-5H2,1-3H3. The largest absolute Gasteiger partial charge is 0.252 e. The van der Waals surface area contributed by atoms with Gasteiger partial charge in [0.2, 0.25) is 0 Å². The van der Waals surface area contributed by atoms with Gasteiger partial charge in [-0.2, -0.15) is 15.0 Å². The number of aryl methyl sites for hydroxylation is 3. The molecule has 2 heterocycles. The van der Waals surface area contributed by atoms with E-state index >= 15 is 0 Å². The van der Waals surface area contributed by atoms with Crippen LogP contribution in [0.25, 0.3) is 5.95 Å². The van der Waals surface area contributed by atoms with Crippen LogP contribution in [-0.4, -0.2) is 19.7 Å². The summed E-state index contributed by atoms with van der Waals surface area (Å²) in [5.41, 5.74) is 2.78. The second kappa shape index (κ2) is 5.37. The van der Waals surface area contributed by atoms with Gasteiger partial charge in [0.05, 0.1) is 5.69 Å². The zero-order chi connectivity index (χ0) is 14.0. The molecular formula is C13H14ClN5. The lowest BCUT2D eigenvalue weighted by molar-refractivity contribution is 0.760. The van der Waals surface area contributed by atoms with Gasteiger partial charge in [0.1, 0.15) is 11.6 Å². The Morgan fingerprint density at radius 3 is 2.47 bits per heavy atom. The summed E-state index contributed by atoms with van der Waals surface area (Å²) in [4.78, 5) is 8.62. The molecule has 19 heavy (non-hydrogen) atoms. The van der Waals surface area contributed by atoms with Crippen molar-refractivity contribution in [2.75, 3.05) is 0 Å². The van der Waals surface area contributed by atoms with E-state index < -0.39 is 0 Å². The molecule has 0 saturated heterocycles. The number of hydrogen-bond acceptors (Lipinski definition) is 4. The second-order valence-electron chi connectivity index (χ2n) is 4.34. The van der Waals surface area contributed by atoms with Crippen LogP contribution in [0.4, 0.5) is 0 Å². The number of halogens is 1. The summed E-state index contributed by atoms with van der Waals surface area (Å²) < 4.78 is 1.44. The number of rotatable bonds is 3. The highest BCUT2D eigenvalue weighted by Crippen LogP contribution is 2.22. The van der Waals surface area contributed by atoms with E-state index in [1.165, 1.54) is 4.68 Å². The zero-order valence-electron chi connectivity index (χ0n) is 11.1. The Labute approximate surface area is 116 Å². The van der Waals surface area contributed by atoms with Gasteiger partial charge in [-0.1, -0.05) is 24.9 Å². The molecule has 98 valence electrons. The Morgan fingerprint density at radius 1 is 1.32 bits per heavy atom. The highest BCUT2D eigenvalue weighted by molar-refractivity contribution is 6.31. The Hall–Kier alpha value is -1.93. The third-order valence-corrected chi connectivity index (χ3v) is 3.01. The quantitative estimate of drug-likeness (QED) is 0.864. The van der Waals surface area contributed by atoms with Gasteiger partial charge in [0.25, 0.3) is 5.95 Å². The minimum atomic E-state index is 0.274. The Balaban J connectivity index is 2.59. The molecule has 0 aliphatic carbocycles. The number of nitriles is 1. The van der Waals surface area contributed by atoms with E-state index in [-0.39, 0.29) is 5.15 Å². The molecule has 0 aromatic carbocycles. The average molecular weight is 276 g/mol. The van der Waals surface area contributed by atoms with E-state index in [0.717, 1.165) is 17.8 Å². The predicted octanol–water partition coefficient (Wildman–Crippen LogP) is 2.76. The van der Waals surface area contributed by atoms with Gasteiger partial charge < -0.3 is 0 Å². The Bertz CT molecular complexity index is 634. The first-order chi connectivity index (χ1) is 9.06. The maximum absolute atomic E-state index is 9.17. The van der Waals surface area contributed by atoms with E-state index in [2.05, 4.69) is 21.1 Å². The van der Waals surface area contributed by atoms with Gasteiger partial charge in [-0.15, -0.1) is 0 Å². The minimum absolute atomic E-state index is 0.274. The van der Waals surface area contributed by atoms with Crippen LogP contribution in [-0.2, 0) is 6.42 Å². The van der Waals surface area contributed by atoms with Crippen LogP contribution >= 0.6 is 11.6 Å². The number of aromatic nitrogens is 4. The molecule has 0 N–H and O–H groups in total. The fourth-order valence-corrected chi connectivity index (χ4v) is 2.16. The maximum Gasteiger partial charge on any atom is 0.252 e. The van der Waals surface area contributed by atoms with Gasteiger partial charge in [-0.3, -0.25) is 0 Å². The lowest BCUT2D eigenvalue weighted by Crippen LogP contribution is -2.05. The smallest absolute Gasteiger partial charge is 0.216 e. The molecule has 0 radical (unpaired) electrons. The van der Waals surface area contributed by atoms with Crippen LogP contribution in [0.3, 0.4) is 0 Å². The van der Waals surface area contributed by atoms with Crippen molar-refractivity contribution in [3.8, 4) is 12.0 Å². The van der Waals surface area contributed by atoms with Gasteiger partial charge in [0, 0.05) is 11.4 Å². The van der Waals surface area contributed by atoms with Crippen molar-refractivity contribution in [3.63, 3.8) is 0 Å². The molecule has 0 fully saturated rings. The molecular weight excluding hydrogens is 262 g/mol. The molecule has 0 bridgehead atoms. The lowest BCUT2D eigenvalue weighted by Gasteiger charge is -2.03. The fourth-order valence-electron chi connectivity index (χ4n) is 1.90. The molecule has 0 atom stereocenters. The van der Waals surface area contributed by atoms with Crippen molar-refractivity contribution >= 4 is 11.6 Å². The third-order valence-electron chi connectivity index (χ3n) is 2.66. The van der Waals surface area contributed by atoms with E-state index in [1.54, 1.807) is 0 Å². The zero-order valence-corrected chi connectivity index (χ0v) is 11.9. The van der Waals surface area contributed by atoms with Crippen molar-refractivity contribution in [2.45, 2.75) is 33.6 Å². The normalized spacial score (nSPS) is 10.5. The molecule has 0 aliphatic heterocycles. The van der Waals surface area contributed by atoms with E-state index in [0.29, 0.717) is 23.6 Å². The first-order valence-corrected chi connectivity index (χ1v) is 6.44. The molecule has 0 saturated carbocycles. The maximum atomic E-state index is 9.17. The van der Waals surface area contributed by atoms with Crippen LogP contribution in [0, 0.1) is 25.2 Å². The monoisotopic (exact) mass is 275 g/mol. The van der Waals surface area contributed by atoms with Crippen LogP contribution < -0.4 is 0 Å². The van der Waals surface area contributed by atoms with Crippen molar-refractivity contribution in [1.82, 2.24) is 19.7 Å². The predicted molar refractivity (Wildman–Crippen MR) is 72.3 cm³/mol. The van der Waals surface area contributed by atoms with E-state index in [4.69, 9.17) is 16.9 Å². The Kier molecular flexibility index (Phi) is 3.82. The van der Waals surface area contributed by atoms with Gasteiger partial charge in [-0.25, -0.2) is 9.97 Å².